The van der Waals surface area contributed by atoms with Crippen molar-refractivity contribution in [3.05, 3.63) is 64.3 Å². The lowest BCUT2D eigenvalue weighted by atomic mass is 10.0. The predicted molar refractivity (Wildman–Crippen MR) is 103 cm³/mol. The van der Waals surface area contributed by atoms with Crippen LogP contribution in [0.15, 0.2) is 53.6 Å². The van der Waals surface area contributed by atoms with Gasteiger partial charge in [-0.05, 0) is 35.9 Å². The summed E-state index contributed by atoms with van der Waals surface area (Å²) in [5.41, 5.74) is 3.31. The van der Waals surface area contributed by atoms with E-state index in [-0.39, 0.29) is 12.0 Å². The molecular weight excluding hydrogens is 354 g/mol. The summed E-state index contributed by atoms with van der Waals surface area (Å²) in [4.78, 5) is 31.3. The number of benzene rings is 1. The molecule has 7 heteroatoms. The molecule has 0 aliphatic heterocycles. The molecule has 0 saturated heterocycles. The molecule has 4 aromatic rings. The van der Waals surface area contributed by atoms with Gasteiger partial charge in [0.15, 0.2) is 0 Å². The smallest absolute Gasteiger partial charge is 0.303 e. The summed E-state index contributed by atoms with van der Waals surface area (Å²) in [6.45, 7) is 1.60. The molecular formula is C19H16ClN3O3. The maximum atomic E-state index is 11.9. The fourth-order valence-electron chi connectivity index (χ4n) is 2.57. The SMILES string of the molecule is CCC(=O)O.O=c1[nH]c2ccc(-c3ccc(Cl)nc3)cc2c2cc[nH]c12. The van der Waals surface area contributed by atoms with E-state index < -0.39 is 5.97 Å². The number of H-pyrrole nitrogens is 2. The number of aromatic amines is 2. The number of rotatable bonds is 2. The molecule has 132 valence electrons. The van der Waals surface area contributed by atoms with E-state index in [4.69, 9.17) is 16.7 Å². The third-order valence-electron chi connectivity index (χ3n) is 3.90. The Hall–Kier alpha value is -3.12. The maximum Gasteiger partial charge on any atom is 0.303 e. The van der Waals surface area contributed by atoms with Crippen LogP contribution in [0.2, 0.25) is 5.15 Å². The van der Waals surface area contributed by atoms with Crippen molar-refractivity contribution in [2.75, 3.05) is 0 Å². The van der Waals surface area contributed by atoms with Gasteiger partial charge in [0.25, 0.3) is 5.56 Å². The molecule has 0 fully saturated rings. The Balaban J connectivity index is 0.000000349. The molecule has 0 radical (unpaired) electrons. The number of carboxylic acids is 1. The van der Waals surface area contributed by atoms with Gasteiger partial charge in [0, 0.05) is 40.7 Å². The molecule has 3 aromatic heterocycles. The Labute approximate surface area is 153 Å². The Morgan fingerprint density at radius 3 is 2.54 bits per heavy atom. The van der Waals surface area contributed by atoms with Crippen LogP contribution in [0.1, 0.15) is 13.3 Å². The number of aliphatic carboxylic acids is 1. The summed E-state index contributed by atoms with van der Waals surface area (Å²) in [5, 5.41) is 10.1. The lowest BCUT2D eigenvalue weighted by molar-refractivity contribution is -0.136. The van der Waals surface area contributed by atoms with Gasteiger partial charge < -0.3 is 15.1 Å². The number of pyridine rings is 2. The second kappa shape index (κ2) is 7.41. The molecule has 0 spiro atoms. The number of carbonyl (C=O) groups is 1. The van der Waals surface area contributed by atoms with Gasteiger partial charge in [-0.2, -0.15) is 0 Å². The Morgan fingerprint density at radius 2 is 1.88 bits per heavy atom. The van der Waals surface area contributed by atoms with Crippen LogP contribution in [0.25, 0.3) is 32.9 Å². The van der Waals surface area contributed by atoms with Crippen LogP contribution in [0.5, 0.6) is 0 Å². The average Bonchev–Trinajstić information content (AvgIpc) is 3.14. The molecule has 4 rings (SSSR count). The van der Waals surface area contributed by atoms with Gasteiger partial charge in [-0.25, -0.2) is 4.98 Å². The van der Waals surface area contributed by atoms with Gasteiger partial charge in [0.05, 0.1) is 0 Å². The summed E-state index contributed by atoms with van der Waals surface area (Å²) in [6.07, 6.45) is 3.74. The van der Waals surface area contributed by atoms with Gasteiger partial charge in [-0.1, -0.05) is 24.6 Å². The van der Waals surface area contributed by atoms with Gasteiger partial charge >= 0.3 is 5.97 Å². The number of carboxylic acid groups (broad SMARTS) is 1. The zero-order valence-electron chi connectivity index (χ0n) is 13.9. The minimum absolute atomic E-state index is 0.108. The molecule has 0 unspecified atom stereocenters. The highest BCUT2D eigenvalue weighted by Crippen LogP contribution is 2.27. The minimum Gasteiger partial charge on any atom is -0.481 e. The van der Waals surface area contributed by atoms with Crippen LogP contribution < -0.4 is 5.56 Å². The molecule has 3 heterocycles. The molecule has 6 nitrogen and oxygen atoms in total. The molecule has 0 bridgehead atoms. The molecule has 0 saturated carbocycles. The van der Waals surface area contributed by atoms with Crippen molar-refractivity contribution < 1.29 is 9.90 Å². The summed E-state index contributed by atoms with van der Waals surface area (Å²) < 4.78 is 0. The van der Waals surface area contributed by atoms with Crippen molar-refractivity contribution in [3.8, 4) is 11.1 Å². The van der Waals surface area contributed by atoms with Crippen LogP contribution in [0, 0.1) is 0 Å². The zero-order valence-corrected chi connectivity index (χ0v) is 14.7. The number of aromatic nitrogens is 3. The Morgan fingerprint density at radius 1 is 1.15 bits per heavy atom. The lowest BCUT2D eigenvalue weighted by Crippen LogP contribution is -2.05. The van der Waals surface area contributed by atoms with E-state index in [9.17, 15) is 9.59 Å². The maximum absolute atomic E-state index is 11.9. The second-order valence-corrected chi connectivity index (χ2v) is 5.98. The number of halogens is 1. The number of nitrogens with zero attached hydrogens (tertiary/aromatic N) is 1. The minimum atomic E-state index is -0.745. The van der Waals surface area contributed by atoms with Gasteiger partial charge in [0.1, 0.15) is 10.7 Å². The lowest BCUT2D eigenvalue weighted by Gasteiger charge is -2.05. The molecule has 0 aliphatic carbocycles. The van der Waals surface area contributed by atoms with Crippen molar-refractivity contribution in [1.82, 2.24) is 15.0 Å². The average molecular weight is 370 g/mol. The molecule has 0 amide bonds. The van der Waals surface area contributed by atoms with Crippen molar-refractivity contribution >= 4 is 39.4 Å². The Kier molecular flexibility index (Phi) is 5.04. The fourth-order valence-corrected chi connectivity index (χ4v) is 2.68. The topological polar surface area (TPSA) is 98.8 Å². The first kappa shape index (κ1) is 17.7. The third-order valence-corrected chi connectivity index (χ3v) is 4.12. The second-order valence-electron chi connectivity index (χ2n) is 5.60. The van der Waals surface area contributed by atoms with E-state index in [1.54, 1.807) is 25.4 Å². The van der Waals surface area contributed by atoms with Crippen molar-refractivity contribution in [3.63, 3.8) is 0 Å². The van der Waals surface area contributed by atoms with E-state index in [0.717, 1.165) is 27.4 Å². The van der Waals surface area contributed by atoms with Gasteiger partial charge in [0.2, 0.25) is 0 Å². The zero-order chi connectivity index (χ0) is 18.7. The molecule has 26 heavy (non-hydrogen) atoms. The standard InChI is InChI=1S/C16H10ClN3O.C3H6O2/c17-14-4-2-10(8-19-14)9-1-3-13-12(7-9)11-5-6-18-15(11)16(21)20-13;1-2-3(4)5/h1-8,18H,(H,20,21);2H2,1H3,(H,4,5). The van der Waals surface area contributed by atoms with Crippen molar-refractivity contribution in [2.45, 2.75) is 13.3 Å². The summed E-state index contributed by atoms with van der Waals surface area (Å²) in [7, 11) is 0. The number of hydrogen-bond acceptors (Lipinski definition) is 3. The molecule has 3 N–H and O–H groups in total. The predicted octanol–water partition coefficient (Wildman–Crippen LogP) is 4.21. The summed E-state index contributed by atoms with van der Waals surface area (Å²) >= 11 is 5.82. The Bertz CT molecular complexity index is 1130. The first-order valence-electron chi connectivity index (χ1n) is 7.96. The molecule has 1 aromatic carbocycles. The van der Waals surface area contributed by atoms with Gasteiger partial charge in [-0.15, -0.1) is 0 Å². The van der Waals surface area contributed by atoms with Crippen LogP contribution in [0.3, 0.4) is 0 Å². The van der Waals surface area contributed by atoms with E-state index in [1.807, 2.05) is 30.3 Å². The molecule has 0 aliphatic rings. The highest BCUT2D eigenvalue weighted by atomic mass is 35.5. The highest BCUT2D eigenvalue weighted by molar-refractivity contribution is 6.29. The number of hydrogen-bond donors (Lipinski definition) is 3. The number of nitrogens with one attached hydrogen (secondary N) is 2. The van der Waals surface area contributed by atoms with Crippen LogP contribution >= 0.6 is 11.6 Å². The van der Waals surface area contributed by atoms with E-state index >= 15 is 0 Å². The van der Waals surface area contributed by atoms with Crippen LogP contribution in [-0.4, -0.2) is 26.0 Å². The van der Waals surface area contributed by atoms with Crippen LogP contribution in [0.4, 0.5) is 0 Å². The fraction of sp³-hybridized carbons (Fsp3) is 0.105. The summed E-state index contributed by atoms with van der Waals surface area (Å²) in [5.74, 6) is -0.745. The van der Waals surface area contributed by atoms with E-state index in [2.05, 4.69) is 15.0 Å². The van der Waals surface area contributed by atoms with Crippen molar-refractivity contribution in [1.29, 1.82) is 0 Å². The first-order valence-corrected chi connectivity index (χ1v) is 8.34. The van der Waals surface area contributed by atoms with E-state index in [0.29, 0.717) is 10.7 Å². The first-order chi connectivity index (χ1) is 12.5. The van der Waals surface area contributed by atoms with Gasteiger partial charge in [-0.3, -0.25) is 9.59 Å². The third kappa shape index (κ3) is 3.60. The molecule has 0 atom stereocenters. The quantitative estimate of drug-likeness (QED) is 0.461. The summed E-state index contributed by atoms with van der Waals surface area (Å²) in [6, 6.07) is 11.5. The normalized spacial score (nSPS) is 10.5. The van der Waals surface area contributed by atoms with E-state index in [1.165, 1.54) is 0 Å². The van der Waals surface area contributed by atoms with Crippen molar-refractivity contribution in [2.24, 2.45) is 0 Å². The number of fused-ring (bicyclic) bond motifs is 3. The largest absolute Gasteiger partial charge is 0.481 e. The highest BCUT2D eigenvalue weighted by Gasteiger charge is 2.07. The monoisotopic (exact) mass is 369 g/mol. The van der Waals surface area contributed by atoms with Crippen LogP contribution in [-0.2, 0) is 4.79 Å².